The van der Waals surface area contributed by atoms with E-state index in [1.54, 1.807) is 15.0 Å². The number of aromatic amines is 4. The highest BCUT2D eigenvalue weighted by Crippen LogP contribution is 2.60. The van der Waals surface area contributed by atoms with Crippen molar-refractivity contribution in [1.82, 2.24) is 38.2 Å². The number of aliphatic hydroxyl groups excluding tert-OH is 4. The van der Waals surface area contributed by atoms with Crippen LogP contribution in [0.15, 0.2) is 136 Å². The van der Waals surface area contributed by atoms with Gasteiger partial charge in [0.2, 0.25) is 23.4 Å². The molecule has 0 saturated carbocycles. The van der Waals surface area contributed by atoms with Crippen molar-refractivity contribution >= 4 is 56.4 Å². The van der Waals surface area contributed by atoms with E-state index in [0.717, 1.165) is 66.9 Å². The molecule has 664 valence electrons. The van der Waals surface area contributed by atoms with Crippen LogP contribution >= 0.6 is 31.3 Å². The van der Waals surface area contributed by atoms with Crippen LogP contribution in [-0.2, 0) is 99.8 Å². The average Bonchev–Trinajstić information content (AvgIpc) is 1.59. The molecule has 4 fully saturated rings. The molecule has 0 spiro atoms. The zero-order chi connectivity index (χ0) is 95.0. The van der Waals surface area contributed by atoms with Gasteiger partial charge in [0.15, 0.2) is 50.0 Å². The van der Waals surface area contributed by atoms with Crippen LogP contribution in [0.5, 0.6) is 23.0 Å². The molecule has 0 radical (unpaired) electrons. The van der Waals surface area contributed by atoms with Crippen LogP contribution in [0.1, 0.15) is 122 Å². The summed E-state index contributed by atoms with van der Waals surface area (Å²) in [5, 5.41) is 40.9. The topological polar surface area (TPSA) is 585 Å². The molecular weight excluding hydrogens is 1780 g/mol. The van der Waals surface area contributed by atoms with Crippen LogP contribution in [0.2, 0.25) is 0 Å². The van der Waals surface area contributed by atoms with E-state index in [2.05, 4.69) is 4.52 Å². The maximum atomic E-state index is 15.6. The van der Waals surface area contributed by atoms with Gasteiger partial charge in [0.1, 0.15) is 97.0 Å². The summed E-state index contributed by atoms with van der Waals surface area (Å²) >= 11 is 0. The molecule has 8 aliphatic heterocycles. The minimum Gasteiger partial charge on any atom is -0.404 e. The SMILES string of the molecule is O=Cc1cn([C@@H]2O[C@](F)(COP3(=O)OCc4cc(F)ccc4O3)C[C@H]2O)c(=O)[nH]c1=O.[2H]C([2H])(OP1(=O)OCc2cc(F)ccc2O1)[C@]1(F)C[C@@H](O)[C@H](n2cc(C=O)c(=O)[nH]c2=O)O1.[2H]C([2H])(OP1(=O)OCc2cc(F)ccc2O1)[C@]1(F)C[C@@H](O)[C@]([2H])(n2cc(C=O)c(=O)[nH]c2=O)O1.[2H][C@@]1(n2cc(C=O)c(=O)[nH]c2=O)O[C@](F)(COP2(=O)OCc3cc(F)ccc3O2)C[C@H]1O. The van der Waals surface area contributed by atoms with Crippen molar-refractivity contribution in [3.8, 4) is 23.0 Å². The van der Waals surface area contributed by atoms with Crippen LogP contribution in [0, 0.1) is 23.3 Å². The molecule has 16 atom stereocenters. The minimum atomic E-state index is -4.86. The van der Waals surface area contributed by atoms with Gasteiger partial charge in [-0.1, -0.05) is 0 Å². The molecule has 0 aliphatic carbocycles. The lowest BCUT2D eigenvalue weighted by Gasteiger charge is -2.27. The number of phosphoric ester groups is 4. The Morgan fingerprint density at radius 2 is 0.645 bits per heavy atom. The number of carbonyl (C=O) groups excluding carboxylic acids is 4. The van der Waals surface area contributed by atoms with Crippen molar-refractivity contribution < 1.29 is 174 Å². The molecule has 8 N–H and O–H groups in total. The number of nitrogens with zero attached hydrogens (tertiary/aromatic N) is 4. The largest absolute Gasteiger partial charge is 0.530 e. The lowest BCUT2D eigenvalue weighted by molar-refractivity contribution is -0.179. The molecule has 56 heteroatoms. The average molecular weight is 1850 g/mol. The van der Waals surface area contributed by atoms with Gasteiger partial charge < -0.3 is 57.5 Å². The van der Waals surface area contributed by atoms with Gasteiger partial charge in [0, 0.05) is 72.7 Å². The normalized spacial score (nSPS) is 32.0. The molecule has 4 unspecified atom stereocenters. The van der Waals surface area contributed by atoms with Crippen LogP contribution in [0.25, 0.3) is 0 Å². The number of alkyl halides is 4. The third-order valence-corrected chi connectivity index (χ3v) is 22.7. The lowest BCUT2D eigenvalue weighted by Crippen LogP contribution is -2.37. The Balaban J connectivity index is 0.000000148. The number of aliphatic hydroxyl groups is 4. The number of rotatable bonds is 20. The molecule has 8 aliphatic rings. The number of aldehydes is 4. The van der Waals surface area contributed by atoms with Crippen molar-refractivity contribution in [1.29, 1.82) is 0 Å². The highest BCUT2D eigenvalue weighted by molar-refractivity contribution is 7.49. The third kappa shape index (κ3) is 20.4. The van der Waals surface area contributed by atoms with Crippen molar-refractivity contribution in [2.45, 2.75) is 125 Å². The quantitative estimate of drug-likeness (QED) is 0.0292. The van der Waals surface area contributed by atoms with Gasteiger partial charge in [-0.2, -0.15) is 0 Å². The first-order valence-corrected chi connectivity index (χ1v) is 40.6. The number of carbonyl (C=O) groups is 4. The Morgan fingerprint density at radius 1 is 0.395 bits per heavy atom. The van der Waals surface area contributed by atoms with Gasteiger partial charge in [-0.3, -0.25) is 113 Å². The van der Waals surface area contributed by atoms with E-state index in [-0.39, 0.29) is 88.2 Å². The summed E-state index contributed by atoms with van der Waals surface area (Å²) in [7, 11) is -18.3. The van der Waals surface area contributed by atoms with Gasteiger partial charge in [0.05, 0.1) is 56.9 Å². The Kier molecular flexibility index (Phi) is 23.8. The van der Waals surface area contributed by atoms with Gasteiger partial charge in [-0.15, -0.1) is 0 Å². The number of nitrogens with one attached hydrogen (secondary N) is 4. The second kappa shape index (κ2) is 35.7. The predicted octanol–water partition coefficient (Wildman–Crippen LogP) is 4.67. The van der Waals surface area contributed by atoms with Gasteiger partial charge >= 0.3 is 54.0 Å². The van der Waals surface area contributed by atoms with Crippen molar-refractivity contribution in [2.24, 2.45) is 0 Å². The minimum absolute atomic E-state index is 0.00251. The first-order chi connectivity index (χ1) is 60.7. The molecule has 124 heavy (non-hydrogen) atoms. The number of fused-ring (bicyclic) bond motifs is 4. The van der Waals surface area contributed by atoms with Crippen molar-refractivity contribution in [3.63, 3.8) is 0 Å². The zero-order valence-electron chi connectivity index (χ0n) is 67.5. The molecule has 4 saturated heterocycles. The number of benzene rings is 4. The fraction of sp³-hybridized carbons (Fsp3) is 0.353. The molecule has 0 amide bonds. The van der Waals surface area contributed by atoms with Crippen molar-refractivity contribution in [2.75, 3.05) is 26.3 Å². The molecular formula is C68H60F8N8O36P4. The smallest absolute Gasteiger partial charge is 0.404 e. The zero-order valence-corrected chi connectivity index (χ0v) is 65.1. The Labute approximate surface area is 690 Å². The first-order valence-electron chi connectivity index (χ1n) is 37.8. The van der Waals surface area contributed by atoms with Crippen molar-refractivity contribution in [3.05, 3.63) is 249 Å². The van der Waals surface area contributed by atoms with Crippen LogP contribution < -0.4 is 63.1 Å². The maximum Gasteiger partial charge on any atom is 0.530 e. The molecule has 4 aromatic heterocycles. The fourth-order valence-electron chi connectivity index (χ4n) is 12.0. The standard InChI is InChI=1S/4C17H15F2N2O9P/c4*18-11-1-2-13-9(3-11)7-27-31(26,30-13)28-8-17(19)4-12(23)15(29-17)21-5-10(6-22)14(24)20-16(21)25/h4*1-3,5-6,12,15,23H,4,7-8H2,(H,20,24,25)/t4*12-,15-,17+,31?/m1111/s1/i8D2,15D;15D;8D2;. The van der Waals surface area contributed by atoms with E-state index in [1.165, 1.54) is 12.1 Å². The summed E-state index contributed by atoms with van der Waals surface area (Å²) in [5.74, 6) is -15.5. The summed E-state index contributed by atoms with van der Waals surface area (Å²) in [5.41, 5.74) is -10.4. The van der Waals surface area contributed by atoms with E-state index in [0.29, 0.717) is 32.3 Å². The number of H-pyrrole nitrogens is 4. The van der Waals surface area contributed by atoms with Crippen LogP contribution in [0.4, 0.5) is 35.1 Å². The number of hydrogen-bond donors (Lipinski definition) is 8. The molecule has 16 rings (SSSR count). The molecule has 8 aromatic rings. The van der Waals surface area contributed by atoms with Gasteiger partial charge in [0.25, 0.3) is 22.2 Å². The summed E-state index contributed by atoms with van der Waals surface area (Å²) in [6, 6.07) is 12.9. The number of hydrogen-bond acceptors (Lipinski definition) is 36. The summed E-state index contributed by atoms with van der Waals surface area (Å²) in [6.45, 7) is -11.1. The maximum absolute atomic E-state index is 15.6. The number of halogens is 8. The molecule has 44 nitrogen and oxygen atoms in total. The molecule has 12 heterocycles. The highest BCUT2D eigenvalue weighted by Gasteiger charge is 2.55. The summed E-state index contributed by atoms with van der Waals surface area (Å²) in [4.78, 5) is 145. The third-order valence-electron chi connectivity index (χ3n) is 17.8. The first kappa shape index (κ1) is 82.8. The molecule has 0 bridgehead atoms. The second-order valence-corrected chi connectivity index (χ2v) is 32.9. The molecule has 4 aromatic carbocycles. The highest BCUT2D eigenvalue weighted by atomic mass is 31.2. The monoisotopic (exact) mass is 1850 g/mol. The van der Waals surface area contributed by atoms with Crippen LogP contribution in [-0.4, -0.2) is 158 Å². The van der Waals surface area contributed by atoms with E-state index in [1.807, 2.05) is 4.98 Å². The summed E-state index contributed by atoms with van der Waals surface area (Å²) in [6.07, 6.45) is -17.9. The number of phosphoric acid groups is 4. The van der Waals surface area contributed by atoms with Crippen LogP contribution in [0.3, 0.4) is 0 Å². The summed E-state index contributed by atoms with van der Waals surface area (Å²) < 4.78 is 294. The van der Waals surface area contributed by atoms with Gasteiger partial charge in [-0.25, -0.2) is 72.6 Å². The number of aromatic nitrogens is 8. The Bertz CT molecular complexity index is 6620. The predicted molar refractivity (Wildman–Crippen MR) is 387 cm³/mol. The van der Waals surface area contributed by atoms with E-state index >= 15 is 17.6 Å². The number of ether oxygens (including phenoxy) is 4. The Morgan fingerprint density at radius 3 is 0.968 bits per heavy atom. The lowest BCUT2D eigenvalue weighted by atomic mass is 10.2. The van der Waals surface area contributed by atoms with Gasteiger partial charge in [-0.05, 0) is 72.8 Å². The fourth-order valence-corrected chi connectivity index (χ4v) is 16.7. The van der Waals surface area contributed by atoms with E-state index in [9.17, 15) is 114 Å². The second-order valence-electron chi connectivity index (χ2n) is 26.7. The van der Waals surface area contributed by atoms with E-state index in [4.69, 9.17) is 76.9 Å². The van der Waals surface area contributed by atoms with E-state index < -0.39 is 260 Å². The Hall–Kier alpha value is -10.8.